The number of nitrogens with one attached hydrogen (secondary N) is 1. The summed E-state index contributed by atoms with van der Waals surface area (Å²) in [6.07, 6.45) is 0.473. The summed E-state index contributed by atoms with van der Waals surface area (Å²) in [5.41, 5.74) is 6.22. The van der Waals surface area contributed by atoms with Gasteiger partial charge in [-0.25, -0.2) is 0 Å². The standard InChI is InChI=1S/C14H20N2O4/c1-10(15)9-13(17)16-11-3-5-12(6-4-11)20-8-7-14(18)19-2/h3-6,10H,7-9,15H2,1-2H3,(H,16,17). The van der Waals surface area contributed by atoms with E-state index < -0.39 is 0 Å². The molecule has 0 heterocycles. The molecule has 1 unspecified atom stereocenters. The largest absolute Gasteiger partial charge is 0.493 e. The van der Waals surface area contributed by atoms with E-state index >= 15 is 0 Å². The van der Waals surface area contributed by atoms with Crippen LogP contribution in [0.3, 0.4) is 0 Å². The predicted molar refractivity (Wildman–Crippen MR) is 75.5 cm³/mol. The number of esters is 1. The SMILES string of the molecule is COC(=O)CCOc1ccc(NC(=O)CC(C)N)cc1. The van der Waals surface area contributed by atoms with E-state index in [2.05, 4.69) is 10.1 Å². The van der Waals surface area contributed by atoms with Crippen LogP contribution in [0.1, 0.15) is 19.8 Å². The summed E-state index contributed by atoms with van der Waals surface area (Å²) in [5.74, 6) is 0.184. The second-order valence-electron chi connectivity index (χ2n) is 4.43. The van der Waals surface area contributed by atoms with Gasteiger partial charge in [0.05, 0.1) is 20.1 Å². The molecule has 6 nitrogen and oxygen atoms in total. The van der Waals surface area contributed by atoms with Crippen molar-refractivity contribution >= 4 is 17.6 Å². The molecule has 0 aromatic heterocycles. The van der Waals surface area contributed by atoms with Crippen LogP contribution in [0, 0.1) is 0 Å². The van der Waals surface area contributed by atoms with E-state index in [-0.39, 0.29) is 37.4 Å². The average molecular weight is 280 g/mol. The van der Waals surface area contributed by atoms with E-state index in [4.69, 9.17) is 10.5 Å². The van der Waals surface area contributed by atoms with Gasteiger partial charge in [-0.05, 0) is 31.2 Å². The topological polar surface area (TPSA) is 90.6 Å². The Morgan fingerprint density at radius 1 is 1.30 bits per heavy atom. The van der Waals surface area contributed by atoms with Crippen molar-refractivity contribution < 1.29 is 19.1 Å². The molecule has 0 bridgehead atoms. The smallest absolute Gasteiger partial charge is 0.308 e. The minimum atomic E-state index is -0.315. The number of nitrogens with two attached hydrogens (primary N) is 1. The fraction of sp³-hybridized carbons (Fsp3) is 0.429. The molecule has 1 aromatic carbocycles. The number of carbonyl (C=O) groups is 2. The normalized spacial score (nSPS) is 11.6. The summed E-state index contributed by atoms with van der Waals surface area (Å²) in [6.45, 7) is 2.03. The first-order valence-corrected chi connectivity index (χ1v) is 6.36. The van der Waals surface area contributed by atoms with Gasteiger partial charge in [0.1, 0.15) is 5.75 Å². The fourth-order valence-corrected chi connectivity index (χ4v) is 1.49. The zero-order chi connectivity index (χ0) is 15.0. The number of carbonyl (C=O) groups excluding carboxylic acids is 2. The minimum Gasteiger partial charge on any atom is -0.493 e. The van der Waals surface area contributed by atoms with Gasteiger partial charge in [-0.15, -0.1) is 0 Å². The van der Waals surface area contributed by atoms with Crippen molar-refractivity contribution in [2.45, 2.75) is 25.8 Å². The summed E-state index contributed by atoms with van der Waals surface area (Å²) in [5, 5.41) is 2.74. The summed E-state index contributed by atoms with van der Waals surface area (Å²) < 4.78 is 9.88. The molecule has 0 aliphatic heterocycles. The van der Waals surface area contributed by atoms with Crippen LogP contribution < -0.4 is 15.8 Å². The van der Waals surface area contributed by atoms with Crippen LogP contribution in [0.2, 0.25) is 0 Å². The van der Waals surface area contributed by atoms with Crippen LogP contribution in [0.15, 0.2) is 24.3 Å². The van der Waals surface area contributed by atoms with Crippen molar-refractivity contribution in [3.05, 3.63) is 24.3 Å². The molecule has 0 aliphatic rings. The molecule has 0 spiro atoms. The molecular weight excluding hydrogens is 260 g/mol. The van der Waals surface area contributed by atoms with Crippen molar-refractivity contribution in [2.75, 3.05) is 19.0 Å². The summed E-state index contributed by atoms with van der Waals surface area (Å²) >= 11 is 0. The summed E-state index contributed by atoms with van der Waals surface area (Å²) in [4.78, 5) is 22.4. The molecule has 3 N–H and O–H groups in total. The van der Waals surface area contributed by atoms with E-state index in [0.717, 1.165) is 0 Å². The molecule has 0 saturated carbocycles. The summed E-state index contributed by atoms with van der Waals surface area (Å²) in [7, 11) is 1.34. The Kier molecular flexibility index (Phi) is 6.52. The van der Waals surface area contributed by atoms with Crippen LogP contribution >= 0.6 is 0 Å². The molecule has 20 heavy (non-hydrogen) atoms. The Hall–Kier alpha value is -2.08. The molecule has 1 rings (SSSR count). The minimum absolute atomic E-state index is 0.126. The Balaban J connectivity index is 2.40. The van der Waals surface area contributed by atoms with Crippen LogP contribution in [0.5, 0.6) is 5.75 Å². The Labute approximate surface area is 118 Å². The van der Waals surface area contributed by atoms with Crippen molar-refractivity contribution in [3.8, 4) is 5.75 Å². The lowest BCUT2D eigenvalue weighted by atomic mass is 10.2. The monoisotopic (exact) mass is 280 g/mol. The highest BCUT2D eigenvalue weighted by Gasteiger charge is 2.05. The highest BCUT2D eigenvalue weighted by atomic mass is 16.5. The Bertz CT molecular complexity index is 443. The van der Waals surface area contributed by atoms with Gasteiger partial charge in [0, 0.05) is 18.2 Å². The third-order valence-electron chi connectivity index (χ3n) is 2.45. The van der Waals surface area contributed by atoms with Crippen molar-refractivity contribution in [1.82, 2.24) is 0 Å². The number of rotatable bonds is 7. The van der Waals surface area contributed by atoms with Crippen molar-refractivity contribution in [3.63, 3.8) is 0 Å². The van der Waals surface area contributed by atoms with E-state index in [0.29, 0.717) is 11.4 Å². The molecule has 0 radical (unpaired) electrons. The van der Waals surface area contributed by atoms with Gasteiger partial charge in [-0.2, -0.15) is 0 Å². The lowest BCUT2D eigenvalue weighted by Gasteiger charge is -2.09. The van der Waals surface area contributed by atoms with Gasteiger partial charge in [0.2, 0.25) is 5.91 Å². The first-order valence-electron chi connectivity index (χ1n) is 6.36. The predicted octanol–water partition coefficient (Wildman–Crippen LogP) is 1.30. The Morgan fingerprint density at radius 2 is 1.95 bits per heavy atom. The second kappa shape index (κ2) is 8.16. The summed E-state index contributed by atoms with van der Waals surface area (Å²) in [6, 6.07) is 6.73. The number of anilines is 1. The van der Waals surface area contributed by atoms with Gasteiger partial charge in [-0.1, -0.05) is 0 Å². The lowest BCUT2D eigenvalue weighted by Crippen LogP contribution is -2.23. The zero-order valence-corrected chi connectivity index (χ0v) is 11.7. The van der Waals surface area contributed by atoms with E-state index in [1.807, 2.05) is 0 Å². The molecule has 110 valence electrons. The zero-order valence-electron chi connectivity index (χ0n) is 11.7. The highest BCUT2D eigenvalue weighted by Crippen LogP contribution is 2.16. The van der Waals surface area contributed by atoms with E-state index in [9.17, 15) is 9.59 Å². The van der Waals surface area contributed by atoms with Crippen LogP contribution in [-0.2, 0) is 14.3 Å². The van der Waals surface area contributed by atoms with Gasteiger partial charge in [0.25, 0.3) is 0 Å². The van der Waals surface area contributed by atoms with Gasteiger partial charge >= 0.3 is 5.97 Å². The van der Waals surface area contributed by atoms with Gasteiger partial charge < -0.3 is 20.5 Å². The third-order valence-corrected chi connectivity index (χ3v) is 2.45. The van der Waals surface area contributed by atoms with Crippen LogP contribution in [0.25, 0.3) is 0 Å². The molecular formula is C14H20N2O4. The average Bonchev–Trinajstić information content (AvgIpc) is 2.39. The molecule has 1 aromatic rings. The van der Waals surface area contributed by atoms with Gasteiger partial charge in [-0.3, -0.25) is 9.59 Å². The van der Waals surface area contributed by atoms with E-state index in [1.165, 1.54) is 7.11 Å². The maximum Gasteiger partial charge on any atom is 0.308 e. The maximum atomic E-state index is 11.5. The molecule has 0 fully saturated rings. The first-order chi connectivity index (χ1) is 9.51. The number of hydrogen-bond donors (Lipinski definition) is 2. The van der Waals surface area contributed by atoms with Crippen LogP contribution in [0.4, 0.5) is 5.69 Å². The second-order valence-corrected chi connectivity index (χ2v) is 4.43. The number of hydrogen-bond acceptors (Lipinski definition) is 5. The number of benzene rings is 1. The highest BCUT2D eigenvalue weighted by molar-refractivity contribution is 5.91. The van der Waals surface area contributed by atoms with Crippen molar-refractivity contribution in [1.29, 1.82) is 0 Å². The lowest BCUT2D eigenvalue weighted by molar-refractivity contribution is -0.141. The maximum absolute atomic E-state index is 11.5. The van der Waals surface area contributed by atoms with Gasteiger partial charge in [0.15, 0.2) is 0 Å². The van der Waals surface area contributed by atoms with Crippen LogP contribution in [-0.4, -0.2) is 31.6 Å². The molecule has 0 saturated heterocycles. The van der Waals surface area contributed by atoms with E-state index in [1.54, 1.807) is 31.2 Å². The van der Waals surface area contributed by atoms with Crippen molar-refractivity contribution in [2.24, 2.45) is 5.73 Å². The number of amides is 1. The third kappa shape index (κ3) is 6.19. The molecule has 6 heteroatoms. The quantitative estimate of drug-likeness (QED) is 0.735. The fourth-order valence-electron chi connectivity index (χ4n) is 1.49. The molecule has 0 aliphatic carbocycles. The molecule has 1 atom stereocenters. The number of methoxy groups -OCH3 is 1. The Morgan fingerprint density at radius 3 is 2.50 bits per heavy atom. The number of ether oxygens (including phenoxy) is 2. The first kappa shape index (κ1) is 16.0. The molecule has 1 amide bonds.